The van der Waals surface area contributed by atoms with Gasteiger partial charge in [0.1, 0.15) is 22.5 Å². The third kappa shape index (κ3) is 3.63. The van der Waals surface area contributed by atoms with E-state index in [9.17, 15) is 14.3 Å². The summed E-state index contributed by atoms with van der Waals surface area (Å²) in [5, 5.41) is 10.6. The molecule has 0 spiro atoms. The van der Waals surface area contributed by atoms with Gasteiger partial charge in [-0.3, -0.25) is 9.36 Å². The Bertz CT molecular complexity index is 1520. The number of imidazole rings is 2. The number of methoxy groups -OCH3 is 1. The van der Waals surface area contributed by atoms with Crippen LogP contribution < -0.4 is 21.3 Å². The van der Waals surface area contributed by atoms with E-state index in [0.29, 0.717) is 22.3 Å². The van der Waals surface area contributed by atoms with E-state index >= 15 is 0 Å². The van der Waals surface area contributed by atoms with Crippen molar-refractivity contribution in [1.82, 2.24) is 19.1 Å². The van der Waals surface area contributed by atoms with Crippen LogP contribution in [0, 0.1) is 12.7 Å². The van der Waals surface area contributed by atoms with E-state index in [0.717, 1.165) is 16.9 Å². The molecule has 5 rings (SSSR count). The lowest BCUT2D eigenvalue weighted by Gasteiger charge is -2.28. The monoisotopic (exact) mass is 463 g/mol. The van der Waals surface area contributed by atoms with Crippen LogP contribution in [0.4, 0.5) is 4.39 Å². The van der Waals surface area contributed by atoms with Crippen LogP contribution in [-0.2, 0) is 5.54 Å². The number of nitrogens with zero attached hydrogens (tertiary/aromatic N) is 4. The molecular formula is C25H26FN5O3. The van der Waals surface area contributed by atoms with Gasteiger partial charge in [0, 0.05) is 6.20 Å². The third-order valence-electron chi connectivity index (χ3n) is 5.96. The van der Waals surface area contributed by atoms with Crippen molar-refractivity contribution in [3.8, 4) is 11.4 Å². The number of halogens is 1. The van der Waals surface area contributed by atoms with E-state index < -0.39 is 5.54 Å². The molecule has 4 aromatic rings. The van der Waals surface area contributed by atoms with Gasteiger partial charge in [-0.1, -0.05) is 25.6 Å². The molecule has 0 saturated carbocycles. The molecule has 9 heteroatoms. The first-order valence-corrected chi connectivity index (χ1v) is 10.4. The fourth-order valence-corrected chi connectivity index (χ4v) is 4.24. The van der Waals surface area contributed by atoms with Gasteiger partial charge in [-0.05, 0) is 48.4 Å². The lowest BCUT2D eigenvalue weighted by Crippen LogP contribution is -2.48. The molecule has 2 N–H and O–H groups in total. The number of fused-ring (bicyclic) bond motifs is 1. The average Bonchev–Trinajstić information content (AvgIpc) is 3.50. The summed E-state index contributed by atoms with van der Waals surface area (Å²) in [5.74, 6) is 0.238. The van der Waals surface area contributed by atoms with Crippen LogP contribution in [0.25, 0.3) is 11.8 Å². The number of aliphatic hydroxyl groups excluding tert-OH is 1. The predicted molar refractivity (Wildman–Crippen MR) is 126 cm³/mol. The zero-order chi connectivity index (χ0) is 23.2. The van der Waals surface area contributed by atoms with Gasteiger partial charge in [-0.15, -0.1) is 0 Å². The van der Waals surface area contributed by atoms with Gasteiger partial charge in [-0.2, -0.15) is 0 Å². The quantitative estimate of drug-likeness (QED) is 0.470. The molecule has 0 bridgehead atoms. The summed E-state index contributed by atoms with van der Waals surface area (Å²) in [6.07, 6.45) is 5.32. The molecule has 0 amide bonds. The second kappa shape index (κ2) is 8.75. The van der Waals surface area contributed by atoms with Crippen molar-refractivity contribution >= 4 is 6.08 Å². The van der Waals surface area contributed by atoms with Crippen LogP contribution in [0.1, 0.15) is 24.2 Å². The molecule has 3 heterocycles. The summed E-state index contributed by atoms with van der Waals surface area (Å²) < 4.78 is 22.3. The first-order valence-electron chi connectivity index (χ1n) is 10.4. The molecular weight excluding hydrogens is 437 g/mol. The zero-order valence-electron chi connectivity index (χ0n) is 18.1. The minimum atomic E-state index is -1.08. The zero-order valence-corrected chi connectivity index (χ0v) is 18.1. The summed E-state index contributed by atoms with van der Waals surface area (Å²) >= 11 is 0. The molecule has 0 fully saturated rings. The standard InChI is InChI=1S/C24H22FN5O3.CH4/c1-15-11-29(14-27-15)20-8-3-16(10-21(20)33-2)9-19-22(32)30-23(28-19)26-12-24(30,13-31)17-4-6-18(25)7-5-17;/h3-11,14,31H,12-13H2,1-2H3,(H,26,28);1H4/b19-9-;. The number of ether oxygens (including phenoxy) is 1. The Balaban J connectivity index is 0.00000274. The minimum absolute atomic E-state index is 0. The van der Waals surface area contributed by atoms with Crippen molar-refractivity contribution in [2.45, 2.75) is 19.9 Å². The normalized spacial score (nSPS) is 17.2. The smallest absolute Gasteiger partial charge is 0.278 e. The molecule has 0 aliphatic carbocycles. The molecule has 2 aromatic carbocycles. The molecule has 8 nitrogen and oxygen atoms in total. The molecule has 0 radical (unpaired) electrons. The van der Waals surface area contributed by atoms with Crippen molar-refractivity contribution in [3.63, 3.8) is 0 Å². The van der Waals surface area contributed by atoms with Gasteiger partial charge >= 0.3 is 0 Å². The Morgan fingerprint density at radius 3 is 2.68 bits per heavy atom. The average molecular weight is 464 g/mol. The summed E-state index contributed by atoms with van der Waals surface area (Å²) in [5.41, 5.74) is 2.04. The van der Waals surface area contributed by atoms with Crippen LogP contribution in [0.15, 0.2) is 64.8 Å². The fourth-order valence-electron chi connectivity index (χ4n) is 4.24. The molecule has 2 aromatic heterocycles. The summed E-state index contributed by atoms with van der Waals surface area (Å²) in [4.78, 5) is 25.1. The fraction of sp³-hybridized carbons (Fsp3) is 0.240. The number of H-pyrrole nitrogens is 1. The highest BCUT2D eigenvalue weighted by molar-refractivity contribution is 5.58. The van der Waals surface area contributed by atoms with Crippen molar-refractivity contribution < 1.29 is 14.2 Å². The van der Waals surface area contributed by atoms with Crippen LogP contribution in [-0.4, -0.2) is 44.5 Å². The Hall–Kier alpha value is -3.98. The van der Waals surface area contributed by atoms with E-state index in [4.69, 9.17) is 4.74 Å². The van der Waals surface area contributed by atoms with Gasteiger partial charge < -0.3 is 19.4 Å². The number of hydrogen-bond acceptors (Lipinski definition) is 5. The number of aromatic amines is 1. The van der Waals surface area contributed by atoms with Gasteiger partial charge in [0.25, 0.3) is 5.56 Å². The first kappa shape index (κ1) is 23.2. The van der Waals surface area contributed by atoms with Crippen LogP contribution >= 0.6 is 0 Å². The Kier molecular flexibility index (Phi) is 5.97. The van der Waals surface area contributed by atoms with Crippen molar-refractivity contribution in [1.29, 1.82) is 0 Å². The predicted octanol–water partition coefficient (Wildman–Crippen LogP) is 1.65. The van der Waals surface area contributed by atoms with E-state index in [1.807, 2.05) is 35.9 Å². The Morgan fingerprint density at radius 1 is 1.26 bits per heavy atom. The van der Waals surface area contributed by atoms with E-state index in [2.05, 4.69) is 15.0 Å². The maximum absolute atomic E-state index is 13.4. The molecule has 0 saturated heterocycles. The van der Waals surface area contributed by atoms with E-state index in [-0.39, 0.29) is 32.0 Å². The van der Waals surface area contributed by atoms with Crippen molar-refractivity contribution in [2.24, 2.45) is 4.99 Å². The van der Waals surface area contributed by atoms with E-state index in [1.165, 1.54) is 16.7 Å². The maximum atomic E-state index is 13.4. The van der Waals surface area contributed by atoms with Crippen LogP contribution in [0.5, 0.6) is 5.75 Å². The van der Waals surface area contributed by atoms with Gasteiger partial charge in [0.2, 0.25) is 5.62 Å². The van der Waals surface area contributed by atoms with Gasteiger partial charge in [0.05, 0.1) is 38.0 Å². The van der Waals surface area contributed by atoms with Gasteiger partial charge in [0.15, 0.2) is 0 Å². The number of nitrogens with one attached hydrogen (secondary N) is 1. The van der Waals surface area contributed by atoms with Crippen molar-refractivity contribution in [3.05, 3.63) is 98.9 Å². The Labute approximate surface area is 195 Å². The number of aliphatic hydroxyl groups is 1. The van der Waals surface area contributed by atoms with E-state index in [1.54, 1.807) is 31.6 Å². The second-order valence-electron chi connectivity index (χ2n) is 8.01. The summed E-state index contributed by atoms with van der Waals surface area (Å²) in [6, 6.07) is 11.4. The van der Waals surface area contributed by atoms with Crippen LogP contribution in [0.3, 0.4) is 0 Å². The number of rotatable bonds is 5. The molecule has 1 atom stereocenters. The largest absolute Gasteiger partial charge is 0.495 e. The summed E-state index contributed by atoms with van der Waals surface area (Å²) in [7, 11) is 1.58. The topological polar surface area (TPSA) is 97.4 Å². The second-order valence-corrected chi connectivity index (χ2v) is 8.01. The highest BCUT2D eigenvalue weighted by atomic mass is 19.1. The lowest BCUT2D eigenvalue weighted by atomic mass is 9.91. The molecule has 1 aliphatic rings. The molecule has 34 heavy (non-hydrogen) atoms. The molecule has 1 unspecified atom stereocenters. The molecule has 1 aliphatic heterocycles. The maximum Gasteiger partial charge on any atom is 0.278 e. The highest BCUT2D eigenvalue weighted by Gasteiger charge is 2.40. The van der Waals surface area contributed by atoms with Crippen molar-refractivity contribution in [2.75, 3.05) is 20.3 Å². The minimum Gasteiger partial charge on any atom is -0.495 e. The van der Waals surface area contributed by atoms with Gasteiger partial charge in [-0.25, -0.2) is 14.4 Å². The molecule has 176 valence electrons. The number of aromatic nitrogens is 4. The van der Waals surface area contributed by atoms with Crippen LogP contribution in [0.2, 0.25) is 0 Å². The number of aryl methyl sites for hydroxylation is 1. The highest BCUT2D eigenvalue weighted by Crippen LogP contribution is 2.27. The first-order chi connectivity index (χ1) is 15.9. The number of benzene rings is 2. The SMILES string of the molecule is C.COc1cc(/C=c2\[nH]c3n(c2=O)C(CO)(c2ccc(F)cc2)CN=3)ccc1-n1cnc(C)c1. The lowest BCUT2D eigenvalue weighted by molar-refractivity contribution is 0.177. The number of hydrogen-bond donors (Lipinski definition) is 2. The summed E-state index contributed by atoms with van der Waals surface area (Å²) in [6.45, 7) is 1.74. The third-order valence-corrected chi connectivity index (χ3v) is 5.96. The Morgan fingerprint density at radius 2 is 2.03 bits per heavy atom.